The summed E-state index contributed by atoms with van der Waals surface area (Å²) in [6.07, 6.45) is 1.13. The van der Waals surface area contributed by atoms with E-state index in [0.717, 1.165) is 6.42 Å². The summed E-state index contributed by atoms with van der Waals surface area (Å²) in [7, 11) is 0. The van der Waals surface area contributed by atoms with Gasteiger partial charge in [-0.2, -0.15) is 0 Å². The highest BCUT2D eigenvalue weighted by Gasteiger charge is 2.41. The van der Waals surface area contributed by atoms with Crippen molar-refractivity contribution in [2.75, 3.05) is 0 Å². The first-order chi connectivity index (χ1) is 5.64. The molecule has 0 aromatic rings. The average Bonchev–Trinajstić information content (AvgIpc) is 1.99. The fourth-order valence-electron chi connectivity index (χ4n) is 1.59. The second kappa shape index (κ2) is 4.00. The Kier molecular flexibility index (Phi) is 3.98. The molecule has 3 unspecified atom stereocenters. The van der Waals surface area contributed by atoms with E-state index in [2.05, 4.69) is 41.5 Å². The van der Waals surface area contributed by atoms with E-state index < -0.39 is 5.60 Å². The summed E-state index contributed by atoms with van der Waals surface area (Å²) in [6, 6.07) is 0. The molecule has 0 saturated carbocycles. The Balaban J connectivity index is 4.63. The van der Waals surface area contributed by atoms with Crippen LogP contribution in [0.1, 0.15) is 54.9 Å². The first kappa shape index (κ1) is 13.0. The Bertz CT molecular complexity index is 153. The maximum Gasteiger partial charge on any atom is 0.0695 e. The van der Waals surface area contributed by atoms with Crippen LogP contribution < -0.4 is 0 Å². The van der Waals surface area contributed by atoms with Gasteiger partial charge in [-0.25, -0.2) is 0 Å². The predicted molar refractivity (Wildman–Crippen MR) is 58.7 cm³/mol. The van der Waals surface area contributed by atoms with Gasteiger partial charge in [-0.15, -0.1) is 0 Å². The van der Waals surface area contributed by atoms with Gasteiger partial charge in [-0.1, -0.05) is 48.0 Å². The van der Waals surface area contributed by atoms with Crippen molar-refractivity contribution in [1.82, 2.24) is 0 Å². The molecule has 1 heteroatoms. The molecule has 13 heavy (non-hydrogen) atoms. The molecule has 0 heterocycles. The van der Waals surface area contributed by atoms with E-state index >= 15 is 0 Å². The summed E-state index contributed by atoms with van der Waals surface area (Å²) >= 11 is 0. The third kappa shape index (κ3) is 2.70. The highest BCUT2D eigenvalue weighted by Crippen LogP contribution is 2.39. The zero-order valence-electron chi connectivity index (χ0n) is 10.3. The van der Waals surface area contributed by atoms with Crippen LogP contribution in [0.4, 0.5) is 0 Å². The second-order valence-electron chi connectivity index (χ2n) is 5.57. The summed E-state index contributed by atoms with van der Waals surface area (Å²) < 4.78 is 0. The van der Waals surface area contributed by atoms with Gasteiger partial charge >= 0.3 is 0 Å². The molecule has 0 rings (SSSR count). The second-order valence-corrected chi connectivity index (χ2v) is 5.57. The Labute approximate surface area is 83.5 Å². The van der Waals surface area contributed by atoms with Crippen molar-refractivity contribution in [3.63, 3.8) is 0 Å². The van der Waals surface area contributed by atoms with Crippen LogP contribution in [0.5, 0.6) is 0 Å². The van der Waals surface area contributed by atoms with Crippen LogP contribution >= 0.6 is 0 Å². The lowest BCUT2D eigenvalue weighted by molar-refractivity contribution is -0.0991. The van der Waals surface area contributed by atoms with E-state index in [4.69, 9.17) is 0 Å². The zero-order chi connectivity index (χ0) is 10.9. The van der Waals surface area contributed by atoms with Gasteiger partial charge in [0.15, 0.2) is 0 Å². The molecule has 1 N–H and O–H groups in total. The molecule has 0 aliphatic carbocycles. The molecule has 0 bridgehead atoms. The predicted octanol–water partition coefficient (Wildman–Crippen LogP) is 3.47. The van der Waals surface area contributed by atoms with Crippen LogP contribution in [0, 0.1) is 17.3 Å². The number of hydrogen-bond acceptors (Lipinski definition) is 1. The van der Waals surface area contributed by atoms with Crippen molar-refractivity contribution in [3.8, 4) is 0 Å². The Morgan fingerprint density at radius 3 is 1.69 bits per heavy atom. The minimum Gasteiger partial charge on any atom is -0.389 e. The van der Waals surface area contributed by atoms with Gasteiger partial charge in [0.05, 0.1) is 5.60 Å². The molecule has 0 saturated heterocycles. The fourth-order valence-corrected chi connectivity index (χ4v) is 1.59. The van der Waals surface area contributed by atoms with Gasteiger partial charge in [0.1, 0.15) is 0 Å². The molecule has 0 aliphatic rings. The van der Waals surface area contributed by atoms with Gasteiger partial charge in [0.25, 0.3) is 0 Å². The summed E-state index contributed by atoms with van der Waals surface area (Å²) in [4.78, 5) is 0. The van der Waals surface area contributed by atoms with Crippen LogP contribution in [0.25, 0.3) is 0 Å². The summed E-state index contributed by atoms with van der Waals surface area (Å²) in [5, 5.41) is 10.4. The van der Waals surface area contributed by atoms with Crippen LogP contribution in [0.3, 0.4) is 0 Å². The third-order valence-electron chi connectivity index (χ3n) is 3.90. The summed E-state index contributed by atoms with van der Waals surface area (Å²) in [5.41, 5.74) is -0.627. The third-order valence-corrected chi connectivity index (χ3v) is 3.90. The summed E-state index contributed by atoms with van der Waals surface area (Å²) in [6.45, 7) is 14.8. The molecule has 0 aliphatic heterocycles. The molecule has 1 nitrogen and oxygen atoms in total. The van der Waals surface area contributed by atoms with Gasteiger partial charge in [-0.3, -0.25) is 0 Å². The van der Waals surface area contributed by atoms with Gasteiger partial charge in [0, 0.05) is 0 Å². The fraction of sp³-hybridized carbons (Fsp3) is 1.00. The van der Waals surface area contributed by atoms with Crippen molar-refractivity contribution in [2.24, 2.45) is 17.3 Å². The molecule has 0 radical (unpaired) electrons. The van der Waals surface area contributed by atoms with Crippen LogP contribution in [-0.2, 0) is 0 Å². The van der Waals surface area contributed by atoms with E-state index in [1.165, 1.54) is 0 Å². The molecule has 0 aromatic carbocycles. The van der Waals surface area contributed by atoms with Crippen molar-refractivity contribution in [1.29, 1.82) is 0 Å². The maximum atomic E-state index is 10.4. The lowest BCUT2D eigenvalue weighted by Gasteiger charge is -2.44. The smallest absolute Gasteiger partial charge is 0.0695 e. The van der Waals surface area contributed by atoms with Gasteiger partial charge < -0.3 is 5.11 Å². The van der Waals surface area contributed by atoms with Crippen LogP contribution in [-0.4, -0.2) is 10.7 Å². The van der Waals surface area contributed by atoms with Gasteiger partial charge in [0.2, 0.25) is 0 Å². The lowest BCUT2D eigenvalue weighted by Crippen LogP contribution is -2.47. The molecule has 0 fully saturated rings. The minimum atomic E-state index is -0.581. The number of hydrogen-bond donors (Lipinski definition) is 1. The van der Waals surface area contributed by atoms with Crippen LogP contribution in [0.15, 0.2) is 0 Å². The molecule has 80 valence electrons. The first-order valence-electron chi connectivity index (χ1n) is 5.37. The standard InChI is InChI=1S/C12H26O/c1-8-9(2)10(3)12(7,13)11(4,5)6/h9-10,13H,8H2,1-7H3. The Morgan fingerprint density at radius 1 is 1.08 bits per heavy atom. The molecule has 3 atom stereocenters. The van der Waals surface area contributed by atoms with Crippen molar-refractivity contribution in [3.05, 3.63) is 0 Å². The van der Waals surface area contributed by atoms with Crippen molar-refractivity contribution in [2.45, 2.75) is 60.5 Å². The van der Waals surface area contributed by atoms with E-state index in [-0.39, 0.29) is 5.41 Å². The van der Waals surface area contributed by atoms with Crippen molar-refractivity contribution >= 4 is 0 Å². The monoisotopic (exact) mass is 186 g/mol. The summed E-state index contributed by atoms with van der Waals surface area (Å²) in [5.74, 6) is 0.923. The lowest BCUT2D eigenvalue weighted by atomic mass is 9.67. The highest BCUT2D eigenvalue weighted by molar-refractivity contribution is 4.92. The largest absolute Gasteiger partial charge is 0.389 e. The van der Waals surface area contributed by atoms with E-state index in [1.54, 1.807) is 0 Å². The Hall–Kier alpha value is -0.0400. The molecular formula is C12H26O. The molecule has 0 amide bonds. The highest BCUT2D eigenvalue weighted by atomic mass is 16.3. The SMILES string of the molecule is CCC(C)C(C)C(C)(O)C(C)(C)C. The maximum absolute atomic E-state index is 10.4. The average molecular weight is 186 g/mol. The molecule has 0 spiro atoms. The normalized spacial score (nSPS) is 22.2. The van der Waals surface area contributed by atoms with Crippen molar-refractivity contribution < 1.29 is 5.11 Å². The van der Waals surface area contributed by atoms with E-state index in [0.29, 0.717) is 11.8 Å². The Morgan fingerprint density at radius 2 is 1.46 bits per heavy atom. The molecular weight excluding hydrogens is 160 g/mol. The quantitative estimate of drug-likeness (QED) is 0.715. The zero-order valence-corrected chi connectivity index (χ0v) is 10.3. The van der Waals surface area contributed by atoms with Crippen LogP contribution in [0.2, 0.25) is 0 Å². The topological polar surface area (TPSA) is 20.2 Å². The number of aliphatic hydroxyl groups is 1. The minimum absolute atomic E-state index is 0.0458. The van der Waals surface area contributed by atoms with E-state index in [9.17, 15) is 5.11 Å². The first-order valence-corrected chi connectivity index (χ1v) is 5.37. The van der Waals surface area contributed by atoms with Gasteiger partial charge in [-0.05, 0) is 24.2 Å². The number of rotatable bonds is 3. The van der Waals surface area contributed by atoms with E-state index in [1.807, 2.05) is 6.92 Å². The molecule has 0 aromatic heterocycles.